The summed E-state index contributed by atoms with van der Waals surface area (Å²) in [5.74, 6) is -4.05. The van der Waals surface area contributed by atoms with Crippen LogP contribution in [0.15, 0.2) is 24.3 Å². The lowest BCUT2D eigenvalue weighted by Crippen LogP contribution is -2.56. The van der Waals surface area contributed by atoms with Crippen molar-refractivity contribution >= 4 is 29.6 Å². The molecule has 0 spiro atoms. The van der Waals surface area contributed by atoms with Crippen molar-refractivity contribution in [1.82, 2.24) is 15.5 Å². The molecule has 1 aromatic rings. The Bertz CT molecular complexity index is 874. The van der Waals surface area contributed by atoms with Gasteiger partial charge in [0.15, 0.2) is 0 Å². The van der Waals surface area contributed by atoms with Crippen molar-refractivity contribution in [3.8, 4) is 5.75 Å². The van der Waals surface area contributed by atoms with Gasteiger partial charge in [-0.2, -0.15) is 0 Å². The summed E-state index contributed by atoms with van der Waals surface area (Å²) in [4.78, 5) is 61.6. The maximum Gasteiger partial charge on any atom is 0.326 e. The number of carbonyl (C=O) groups is 5. The molecule has 1 heterocycles. The van der Waals surface area contributed by atoms with E-state index in [1.165, 1.54) is 29.2 Å². The van der Waals surface area contributed by atoms with E-state index in [9.17, 15) is 34.2 Å². The average molecular weight is 449 g/mol. The van der Waals surface area contributed by atoms with Crippen molar-refractivity contribution in [2.45, 2.75) is 43.8 Å². The number of hydrogen-bond acceptors (Lipinski definition) is 7. The second kappa shape index (κ2) is 11.1. The number of nitrogens with one attached hydrogen (secondary N) is 2. The number of phenolic OH excluding ortho intramolecular Hbond substituents is 1. The van der Waals surface area contributed by atoms with Crippen LogP contribution in [0, 0.1) is 0 Å². The lowest BCUT2D eigenvalue weighted by Gasteiger charge is -2.29. The lowest BCUT2D eigenvalue weighted by atomic mass is 10.0. The molecular formula is C20H27N5O7. The maximum atomic E-state index is 12.9. The van der Waals surface area contributed by atoms with Crippen LogP contribution in [0.1, 0.15) is 24.8 Å². The third kappa shape index (κ3) is 6.67. The van der Waals surface area contributed by atoms with E-state index < -0.39 is 60.7 Å². The normalized spacial score (nSPS) is 17.3. The van der Waals surface area contributed by atoms with Crippen molar-refractivity contribution < 1.29 is 34.2 Å². The van der Waals surface area contributed by atoms with E-state index in [4.69, 9.17) is 11.5 Å². The SMILES string of the molecule is NCC(=O)N[C@@H](CC(N)=O)C(=O)N1CCC[C@H]1C(=O)N[C@@H](Cc1ccc(O)cc1)C(=O)O. The molecule has 8 N–H and O–H groups in total. The van der Waals surface area contributed by atoms with Crippen LogP contribution < -0.4 is 22.1 Å². The van der Waals surface area contributed by atoms with E-state index >= 15 is 0 Å². The molecule has 0 bridgehead atoms. The summed E-state index contributed by atoms with van der Waals surface area (Å²) in [7, 11) is 0. The van der Waals surface area contributed by atoms with E-state index in [2.05, 4.69) is 10.6 Å². The maximum absolute atomic E-state index is 12.9. The van der Waals surface area contributed by atoms with Crippen molar-refractivity contribution in [3.05, 3.63) is 29.8 Å². The molecule has 0 saturated carbocycles. The molecule has 12 heteroatoms. The third-order valence-corrected chi connectivity index (χ3v) is 5.05. The molecule has 2 rings (SSSR count). The zero-order chi connectivity index (χ0) is 23.8. The Morgan fingerprint density at radius 2 is 1.75 bits per heavy atom. The second-order valence-corrected chi connectivity index (χ2v) is 7.45. The monoisotopic (exact) mass is 449 g/mol. The van der Waals surface area contributed by atoms with E-state index in [0.29, 0.717) is 12.0 Å². The van der Waals surface area contributed by atoms with Crippen LogP contribution in [0.3, 0.4) is 0 Å². The number of carboxylic acid groups (broad SMARTS) is 1. The highest BCUT2D eigenvalue weighted by molar-refractivity contribution is 5.96. The number of rotatable bonds is 10. The van der Waals surface area contributed by atoms with E-state index in [-0.39, 0.29) is 25.1 Å². The first-order chi connectivity index (χ1) is 15.1. The van der Waals surface area contributed by atoms with Crippen LogP contribution in [-0.4, -0.2) is 75.9 Å². The fourth-order valence-corrected chi connectivity index (χ4v) is 3.49. The fourth-order valence-electron chi connectivity index (χ4n) is 3.49. The van der Waals surface area contributed by atoms with Gasteiger partial charge in [-0.15, -0.1) is 0 Å². The third-order valence-electron chi connectivity index (χ3n) is 5.05. The highest BCUT2D eigenvalue weighted by Gasteiger charge is 2.39. The van der Waals surface area contributed by atoms with Gasteiger partial charge in [-0.1, -0.05) is 12.1 Å². The minimum atomic E-state index is -1.27. The number of carboxylic acids is 1. The van der Waals surface area contributed by atoms with Crippen molar-refractivity contribution in [2.75, 3.05) is 13.1 Å². The smallest absolute Gasteiger partial charge is 0.326 e. The van der Waals surface area contributed by atoms with Gasteiger partial charge in [0.1, 0.15) is 23.9 Å². The summed E-state index contributed by atoms with van der Waals surface area (Å²) < 4.78 is 0. The molecule has 4 amide bonds. The molecular weight excluding hydrogens is 422 g/mol. The fraction of sp³-hybridized carbons (Fsp3) is 0.450. The van der Waals surface area contributed by atoms with Gasteiger partial charge in [0.05, 0.1) is 13.0 Å². The Morgan fingerprint density at radius 3 is 2.31 bits per heavy atom. The molecule has 0 aliphatic carbocycles. The standard InChI is InChI=1S/C20H27N5O7/c21-10-17(28)23-13(9-16(22)27)19(30)25-7-1-2-15(25)18(29)24-14(20(31)32)8-11-3-5-12(26)6-4-11/h3-6,13-15,26H,1-2,7-10,21H2,(H2,22,27)(H,23,28)(H,24,29)(H,31,32)/t13-,14-,15-/m0/s1. The van der Waals surface area contributed by atoms with Crippen molar-refractivity contribution in [1.29, 1.82) is 0 Å². The summed E-state index contributed by atoms with van der Waals surface area (Å²) in [5.41, 5.74) is 11.0. The highest BCUT2D eigenvalue weighted by Crippen LogP contribution is 2.20. The van der Waals surface area contributed by atoms with Crippen LogP contribution in [-0.2, 0) is 30.4 Å². The molecule has 1 aromatic carbocycles. The van der Waals surface area contributed by atoms with E-state index in [1.807, 2.05) is 0 Å². The van der Waals surface area contributed by atoms with Gasteiger partial charge in [0.2, 0.25) is 23.6 Å². The number of hydrogen-bond donors (Lipinski definition) is 6. The number of amides is 4. The summed E-state index contributed by atoms with van der Waals surface area (Å²) in [6, 6.07) is 2.39. The zero-order valence-electron chi connectivity index (χ0n) is 17.3. The van der Waals surface area contributed by atoms with Crippen LogP contribution in [0.4, 0.5) is 0 Å². The van der Waals surface area contributed by atoms with E-state index in [0.717, 1.165) is 0 Å². The van der Waals surface area contributed by atoms with Crippen LogP contribution in [0.25, 0.3) is 0 Å². The molecule has 0 radical (unpaired) electrons. The zero-order valence-corrected chi connectivity index (χ0v) is 17.3. The highest BCUT2D eigenvalue weighted by atomic mass is 16.4. The predicted molar refractivity (Wildman–Crippen MR) is 111 cm³/mol. The van der Waals surface area contributed by atoms with Gasteiger partial charge in [-0.25, -0.2) is 4.79 Å². The number of phenols is 1. The molecule has 1 saturated heterocycles. The summed E-state index contributed by atoms with van der Waals surface area (Å²) in [6.45, 7) is -0.204. The van der Waals surface area contributed by atoms with Gasteiger partial charge in [-0.3, -0.25) is 19.2 Å². The molecule has 3 atom stereocenters. The first-order valence-electron chi connectivity index (χ1n) is 10.0. The largest absolute Gasteiger partial charge is 0.508 e. The number of carbonyl (C=O) groups excluding carboxylic acids is 4. The number of aliphatic carboxylic acids is 1. The molecule has 12 nitrogen and oxygen atoms in total. The number of benzene rings is 1. The molecule has 1 aliphatic rings. The summed E-state index contributed by atoms with van der Waals surface area (Å²) in [6.07, 6.45) is 0.276. The summed E-state index contributed by atoms with van der Waals surface area (Å²) >= 11 is 0. The predicted octanol–water partition coefficient (Wildman–Crippen LogP) is -2.19. The van der Waals surface area contributed by atoms with Crippen LogP contribution >= 0.6 is 0 Å². The number of aromatic hydroxyl groups is 1. The Morgan fingerprint density at radius 1 is 1.09 bits per heavy atom. The number of primary amides is 1. The van der Waals surface area contributed by atoms with Gasteiger partial charge in [0.25, 0.3) is 0 Å². The van der Waals surface area contributed by atoms with Crippen molar-refractivity contribution in [2.24, 2.45) is 11.5 Å². The minimum Gasteiger partial charge on any atom is -0.508 e. The molecule has 0 unspecified atom stereocenters. The Hall–Kier alpha value is -3.67. The van der Waals surface area contributed by atoms with Crippen molar-refractivity contribution in [3.63, 3.8) is 0 Å². The minimum absolute atomic E-state index is 0.0250. The average Bonchev–Trinajstić information content (AvgIpc) is 3.23. The van der Waals surface area contributed by atoms with Gasteiger partial charge in [0, 0.05) is 13.0 Å². The summed E-state index contributed by atoms with van der Waals surface area (Å²) in [5, 5.41) is 23.6. The Labute approximate surface area is 183 Å². The second-order valence-electron chi connectivity index (χ2n) is 7.45. The number of nitrogens with two attached hydrogens (primary N) is 2. The number of likely N-dealkylation sites (tertiary alicyclic amines) is 1. The van der Waals surface area contributed by atoms with Gasteiger partial charge in [-0.05, 0) is 30.5 Å². The molecule has 174 valence electrons. The Balaban J connectivity index is 2.11. The molecule has 1 fully saturated rings. The quantitative estimate of drug-likeness (QED) is 0.231. The first-order valence-corrected chi connectivity index (χ1v) is 10.0. The number of nitrogens with zero attached hydrogens (tertiary/aromatic N) is 1. The van der Waals surface area contributed by atoms with Crippen LogP contribution in [0.2, 0.25) is 0 Å². The Kier molecular flexibility index (Phi) is 8.53. The molecule has 1 aliphatic heterocycles. The first kappa shape index (κ1) is 24.6. The lowest BCUT2D eigenvalue weighted by molar-refractivity contribution is -0.145. The van der Waals surface area contributed by atoms with Crippen LogP contribution in [0.5, 0.6) is 5.75 Å². The van der Waals surface area contributed by atoms with Gasteiger partial charge < -0.3 is 37.2 Å². The van der Waals surface area contributed by atoms with Gasteiger partial charge >= 0.3 is 5.97 Å². The molecule has 0 aromatic heterocycles. The topological polar surface area (TPSA) is 205 Å². The molecule has 32 heavy (non-hydrogen) atoms. The van der Waals surface area contributed by atoms with E-state index in [1.54, 1.807) is 0 Å².